The summed E-state index contributed by atoms with van der Waals surface area (Å²) in [5.41, 5.74) is 2.44. The van der Waals surface area contributed by atoms with Crippen molar-refractivity contribution in [1.82, 2.24) is 0 Å². The van der Waals surface area contributed by atoms with Crippen molar-refractivity contribution in [3.05, 3.63) is 130 Å². The maximum absolute atomic E-state index is 10.9. The fourth-order valence-corrected chi connectivity index (χ4v) is 5.89. The first-order valence-corrected chi connectivity index (χ1v) is 10.8. The van der Waals surface area contributed by atoms with Gasteiger partial charge in [-0.25, -0.2) is 0 Å². The summed E-state index contributed by atoms with van der Waals surface area (Å²) in [4.78, 5) is 10.6. The van der Waals surface area contributed by atoms with Crippen LogP contribution in [0, 0.1) is 10.1 Å². The molecular formula is C25H20NO2P. The van der Waals surface area contributed by atoms with Gasteiger partial charge in [0.25, 0.3) is 5.69 Å². The number of nitrogens with zero attached hydrogens (tertiary/aromatic N) is 1. The van der Waals surface area contributed by atoms with E-state index in [1.165, 1.54) is 21.5 Å². The van der Waals surface area contributed by atoms with Gasteiger partial charge in [-0.15, -0.1) is 0 Å². The predicted molar refractivity (Wildman–Crippen MR) is 121 cm³/mol. The molecule has 4 rings (SSSR count). The Morgan fingerprint density at radius 2 is 1.17 bits per heavy atom. The third-order valence-corrected chi connectivity index (χ3v) is 7.35. The Kier molecular flexibility index (Phi) is 5.79. The minimum absolute atomic E-state index is 0.123. The first kappa shape index (κ1) is 19.0. The summed E-state index contributed by atoms with van der Waals surface area (Å²) in [6, 6.07) is 36.6. The molecule has 0 N–H and O–H groups in total. The lowest BCUT2D eigenvalue weighted by molar-refractivity contribution is -0.384. The molecule has 0 saturated carbocycles. The highest BCUT2D eigenvalue weighted by Gasteiger charge is 2.19. The van der Waals surface area contributed by atoms with E-state index in [2.05, 4.69) is 72.8 Å². The van der Waals surface area contributed by atoms with E-state index >= 15 is 0 Å². The molecule has 29 heavy (non-hydrogen) atoms. The fourth-order valence-electron chi connectivity index (χ4n) is 3.42. The van der Waals surface area contributed by atoms with Gasteiger partial charge in [-0.1, -0.05) is 97.1 Å². The minimum atomic E-state index is -0.688. The Balaban J connectivity index is 1.76. The van der Waals surface area contributed by atoms with E-state index in [0.29, 0.717) is 0 Å². The zero-order valence-electron chi connectivity index (χ0n) is 15.8. The molecule has 3 nitrogen and oxygen atoms in total. The van der Waals surface area contributed by atoms with Crippen LogP contribution in [-0.4, -0.2) is 4.92 Å². The van der Waals surface area contributed by atoms with Crippen molar-refractivity contribution in [2.75, 3.05) is 0 Å². The molecule has 4 heteroatoms. The van der Waals surface area contributed by atoms with Crippen molar-refractivity contribution < 1.29 is 4.92 Å². The molecule has 0 aliphatic rings. The van der Waals surface area contributed by atoms with Crippen molar-refractivity contribution in [2.45, 2.75) is 6.42 Å². The van der Waals surface area contributed by atoms with Gasteiger partial charge in [0, 0.05) is 12.1 Å². The molecule has 0 fully saturated rings. The van der Waals surface area contributed by atoms with Gasteiger partial charge in [-0.3, -0.25) is 10.1 Å². The summed E-state index contributed by atoms with van der Waals surface area (Å²) < 4.78 is 0. The lowest BCUT2D eigenvalue weighted by Gasteiger charge is -2.22. The third-order valence-electron chi connectivity index (χ3n) is 4.80. The van der Waals surface area contributed by atoms with Crippen LogP contribution in [-0.2, 0) is 6.42 Å². The second-order valence-corrected chi connectivity index (χ2v) is 8.92. The maximum Gasteiger partial charge on any atom is 0.269 e. The number of hydrogen-bond donors (Lipinski definition) is 0. The van der Waals surface area contributed by atoms with E-state index in [1.807, 2.05) is 24.3 Å². The molecule has 0 saturated heterocycles. The lowest BCUT2D eigenvalue weighted by Crippen LogP contribution is -2.23. The molecule has 4 aromatic rings. The van der Waals surface area contributed by atoms with E-state index in [-0.39, 0.29) is 10.6 Å². The van der Waals surface area contributed by atoms with Crippen molar-refractivity contribution in [3.63, 3.8) is 0 Å². The van der Waals surface area contributed by atoms with Crippen molar-refractivity contribution >= 4 is 29.5 Å². The largest absolute Gasteiger partial charge is 0.269 e. The van der Waals surface area contributed by atoms with Gasteiger partial charge in [-0.05, 0) is 41.4 Å². The maximum atomic E-state index is 10.9. The summed E-state index contributed by atoms with van der Waals surface area (Å²) in [5.74, 6) is 0. The van der Waals surface area contributed by atoms with Crippen LogP contribution in [0.4, 0.5) is 5.69 Å². The van der Waals surface area contributed by atoms with Crippen LogP contribution in [0.5, 0.6) is 0 Å². The van der Waals surface area contributed by atoms with Crippen LogP contribution in [0.25, 0.3) is 0 Å². The molecule has 0 aromatic heterocycles. The van der Waals surface area contributed by atoms with Crippen LogP contribution < -0.4 is 15.9 Å². The first-order chi connectivity index (χ1) is 14.2. The molecular weight excluding hydrogens is 377 g/mol. The molecule has 0 bridgehead atoms. The minimum Gasteiger partial charge on any atom is -0.258 e. The van der Waals surface area contributed by atoms with E-state index < -0.39 is 7.92 Å². The highest BCUT2D eigenvalue weighted by molar-refractivity contribution is 7.79. The zero-order chi connectivity index (χ0) is 20.1. The highest BCUT2D eigenvalue weighted by atomic mass is 31.1. The van der Waals surface area contributed by atoms with Gasteiger partial charge >= 0.3 is 0 Å². The van der Waals surface area contributed by atoms with Crippen LogP contribution in [0.1, 0.15) is 11.1 Å². The summed E-state index contributed by atoms with van der Waals surface area (Å²) in [6.07, 6.45) is 0.743. The smallest absolute Gasteiger partial charge is 0.258 e. The van der Waals surface area contributed by atoms with Gasteiger partial charge < -0.3 is 0 Å². The van der Waals surface area contributed by atoms with Crippen LogP contribution in [0.2, 0.25) is 0 Å². The molecule has 0 unspecified atom stereocenters. The van der Waals surface area contributed by atoms with Crippen LogP contribution >= 0.6 is 7.92 Å². The fraction of sp³-hybridized carbons (Fsp3) is 0.0400. The van der Waals surface area contributed by atoms with Crippen LogP contribution in [0.3, 0.4) is 0 Å². The molecule has 0 aliphatic heterocycles. The second-order valence-electron chi connectivity index (χ2n) is 6.74. The van der Waals surface area contributed by atoms with E-state index in [9.17, 15) is 10.1 Å². The SMILES string of the molecule is O=[N+]([O-])c1ccc(Cc2ccccc2P(c2ccccc2)c2ccccc2)cc1. The Hall–Kier alpha value is -3.29. The number of rotatable bonds is 6. The quantitative estimate of drug-likeness (QED) is 0.263. The molecule has 0 amide bonds. The van der Waals surface area contributed by atoms with Crippen molar-refractivity contribution in [2.24, 2.45) is 0 Å². The van der Waals surface area contributed by atoms with Gasteiger partial charge in [0.15, 0.2) is 0 Å². The van der Waals surface area contributed by atoms with E-state index in [1.54, 1.807) is 12.1 Å². The molecule has 142 valence electrons. The molecule has 0 heterocycles. The van der Waals surface area contributed by atoms with Crippen LogP contribution in [0.15, 0.2) is 109 Å². The van der Waals surface area contributed by atoms with Crippen molar-refractivity contribution in [1.29, 1.82) is 0 Å². The summed E-state index contributed by atoms with van der Waals surface area (Å²) in [5, 5.41) is 14.9. The second kappa shape index (κ2) is 8.81. The highest BCUT2D eigenvalue weighted by Crippen LogP contribution is 2.34. The van der Waals surface area contributed by atoms with Gasteiger partial charge in [0.05, 0.1) is 4.92 Å². The third kappa shape index (κ3) is 4.42. The lowest BCUT2D eigenvalue weighted by atomic mass is 10.0. The van der Waals surface area contributed by atoms with E-state index in [0.717, 1.165) is 12.0 Å². The molecule has 0 spiro atoms. The Morgan fingerprint density at radius 1 is 0.655 bits per heavy atom. The zero-order valence-corrected chi connectivity index (χ0v) is 16.7. The topological polar surface area (TPSA) is 43.1 Å². The predicted octanol–water partition coefficient (Wildman–Crippen LogP) is 4.94. The molecule has 0 atom stereocenters. The van der Waals surface area contributed by atoms with Gasteiger partial charge in [0.1, 0.15) is 0 Å². The Bertz CT molecular complexity index is 1060. The number of non-ortho nitro benzene ring substituents is 1. The summed E-state index contributed by atoms with van der Waals surface area (Å²) in [7, 11) is -0.688. The molecule has 0 aliphatic carbocycles. The van der Waals surface area contributed by atoms with Gasteiger partial charge in [0.2, 0.25) is 0 Å². The summed E-state index contributed by atoms with van der Waals surface area (Å²) in [6.45, 7) is 0. The molecule has 0 radical (unpaired) electrons. The normalized spacial score (nSPS) is 10.8. The van der Waals surface area contributed by atoms with E-state index in [4.69, 9.17) is 0 Å². The first-order valence-electron chi connectivity index (χ1n) is 9.44. The Labute approximate surface area is 171 Å². The number of nitro benzene ring substituents is 1. The average Bonchev–Trinajstić information content (AvgIpc) is 2.77. The summed E-state index contributed by atoms with van der Waals surface area (Å²) >= 11 is 0. The standard InChI is InChI=1S/C25H20NO2P/c27-26(28)22-17-15-20(16-18-22)19-21-9-7-8-14-25(21)29(23-10-3-1-4-11-23)24-12-5-2-6-13-24/h1-18H,19H2. The number of nitro groups is 1. The number of hydrogen-bond acceptors (Lipinski definition) is 2. The monoisotopic (exact) mass is 397 g/mol. The number of benzene rings is 4. The average molecular weight is 397 g/mol. The molecule has 4 aromatic carbocycles. The Morgan fingerprint density at radius 3 is 1.72 bits per heavy atom. The van der Waals surface area contributed by atoms with Gasteiger partial charge in [-0.2, -0.15) is 0 Å². The van der Waals surface area contributed by atoms with Crippen molar-refractivity contribution in [3.8, 4) is 0 Å².